The second-order valence-electron chi connectivity index (χ2n) is 3.20. The van der Waals surface area contributed by atoms with Gasteiger partial charge in [0.05, 0.1) is 7.11 Å². The second-order valence-corrected chi connectivity index (χ2v) is 4.45. The van der Waals surface area contributed by atoms with Crippen LogP contribution in [0.3, 0.4) is 0 Å². The molecule has 1 aromatic rings. The molecule has 0 fully saturated rings. The van der Waals surface area contributed by atoms with E-state index in [0.717, 1.165) is 9.13 Å². The van der Waals surface area contributed by atoms with Gasteiger partial charge < -0.3 is 10.5 Å². The fraction of sp³-hybridized carbons (Fsp3) is 0.300. The van der Waals surface area contributed by atoms with Gasteiger partial charge in [-0.3, -0.25) is 0 Å². The Labute approximate surface area is 96.8 Å². The molecule has 0 spiro atoms. The molecule has 0 amide bonds. The molecule has 2 N–H and O–H groups in total. The molecule has 0 saturated carbocycles. The molecule has 0 aliphatic heterocycles. The Kier molecular flexibility index (Phi) is 3.49. The zero-order chi connectivity index (χ0) is 10.8. The number of methoxy groups -OCH3 is 1. The zero-order valence-electron chi connectivity index (χ0n) is 8.08. The van der Waals surface area contributed by atoms with Crippen LogP contribution in [-0.2, 0) is 15.1 Å². The molecule has 0 aliphatic carbocycles. The zero-order valence-corrected chi connectivity index (χ0v) is 10.2. The average Bonchev–Trinajstić information content (AvgIpc) is 2.17. The van der Waals surface area contributed by atoms with Crippen molar-refractivity contribution in [2.24, 2.45) is 5.73 Å². The third kappa shape index (κ3) is 2.24. The largest absolute Gasteiger partial charge is 0.467 e. The lowest BCUT2D eigenvalue weighted by Gasteiger charge is -2.21. The summed E-state index contributed by atoms with van der Waals surface area (Å²) in [6.07, 6.45) is 0. The summed E-state index contributed by atoms with van der Waals surface area (Å²) in [5.74, 6) is -0.432. The molecule has 14 heavy (non-hydrogen) atoms. The molecule has 1 aromatic carbocycles. The first kappa shape index (κ1) is 11.5. The lowest BCUT2D eigenvalue weighted by Crippen LogP contribution is -2.42. The summed E-state index contributed by atoms with van der Waals surface area (Å²) in [6.45, 7) is 1.64. The molecule has 1 atom stereocenters. The van der Waals surface area contributed by atoms with E-state index in [1.807, 2.05) is 24.3 Å². The molecule has 76 valence electrons. The number of ether oxygens (including phenoxy) is 1. The Morgan fingerprint density at radius 3 is 2.36 bits per heavy atom. The number of nitrogens with two attached hydrogens (primary N) is 1. The summed E-state index contributed by atoms with van der Waals surface area (Å²) in [4.78, 5) is 11.4. The molecule has 4 heteroatoms. The Morgan fingerprint density at radius 1 is 1.43 bits per heavy atom. The number of rotatable bonds is 2. The van der Waals surface area contributed by atoms with Gasteiger partial charge >= 0.3 is 5.97 Å². The van der Waals surface area contributed by atoms with E-state index in [1.165, 1.54) is 7.11 Å². The molecule has 1 rings (SSSR count). The lowest BCUT2D eigenvalue weighted by molar-refractivity contribution is -0.146. The van der Waals surface area contributed by atoms with Crippen LogP contribution in [0, 0.1) is 3.57 Å². The highest BCUT2D eigenvalue weighted by atomic mass is 127. The van der Waals surface area contributed by atoms with E-state index in [2.05, 4.69) is 27.3 Å². The van der Waals surface area contributed by atoms with Crippen LogP contribution in [-0.4, -0.2) is 13.1 Å². The number of carbonyl (C=O) groups excluding carboxylic acids is 1. The van der Waals surface area contributed by atoms with Crippen molar-refractivity contribution in [2.45, 2.75) is 12.5 Å². The van der Waals surface area contributed by atoms with Crippen molar-refractivity contribution < 1.29 is 9.53 Å². The SMILES string of the molecule is COC(=O)C(C)(N)c1ccc(I)cc1. The average molecular weight is 305 g/mol. The van der Waals surface area contributed by atoms with Crippen LogP contribution in [0.4, 0.5) is 0 Å². The minimum Gasteiger partial charge on any atom is -0.467 e. The van der Waals surface area contributed by atoms with E-state index in [1.54, 1.807) is 6.92 Å². The molecule has 3 nitrogen and oxygen atoms in total. The topological polar surface area (TPSA) is 52.3 Å². The van der Waals surface area contributed by atoms with Gasteiger partial charge in [0.15, 0.2) is 0 Å². The third-order valence-corrected chi connectivity index (χ3v) is 2.77. The molecule has 1 unspecified atom stereocenters. The minimum atomic E-state index is -1.07. The van der Waals surface area contributed by atoms with Crippen molar-refractivity contribution in [1.82, 2.24) is 0 Å². The maximum Gasteiger partial charge on any atom is 0.330 e. The molecule has 0 saturated heterocycles. The highest BCUT2D eigenvalue weighted by Gasteiger charge is 2.31. The first-order valence-corrected chi connectivity index (χ1v) is 5.19. The van der Waals surface area contributed by atoms with Crippen LogP contribution >= 0.6 is 22.6 Å². The maximum atomic E-state index is 11.4. The molecular weight excluding hydrogens is 293 g/mol. The van der Waals surface area contributed by atoms with Crippen molar-refractivity contribution in [3.63, 3.8) is 0 Å². The van der Waals surface area contributed by atoms with Crippen molar-refractivity contribution in [1.29, 1.82) is 0 Å². The van der Waals surface area contributed by atoms with Gasteiger partial charge in [0.1, 0.15) is 5.54 Å². The fourth-order valence-electron chi connectivity index (χ4n) is 1.13. The monoisotopic (exact) mass is 305 g/mol. The summed E-state index contributed by atoms with van der Waals surface area (Å²) < 4.78 is 5.74. The highest BCUT2D eigenvalue weighted by Crippen LogP contribution is 2.20. The standard InChI is InChI=1S/C10H12INO2/c1-10(12,9(13)14-2)7-3-5-8(11)6-4-7/h3-6H,12H2,1-2H3. The lowest BCUT2D eigenvalue weighted by atomic mass is 9.93. The van der Waals surface area contributed by atoms with Crippen LogP contribution in [0.15, 0.2) is 24.3 Å². The van der Waals surface area contributed by atoms with E-state index in [4.69, 9.17) is 5.73 Å². The van der Waals surface area contributed by atoms with E-state index >= 15 is 0 Å². The number of hydrogen-bond acceptors (Lipinski definition) is 3. The fourth-order valence-corrected chi connectivity index (χ4v) is 1.49. The van der Waals surface area contributed by atoms with Gasteiger partial charge in [0.25, 0.3) is 0 Å². The number of halogens is 1. The van der Waals surface area contributed by atoms with Crippen molar-refractivity contribution in [3.8, 4) is 0 Å². The van der Waals surface area contributed by atoms with Gasteiger partial charge in [-0.2, -0.15) is 0 Å². The second kappa shape index (κ2) is 4.27. The van der Waals surface area contributed by atoms with Crippen LogP contribution in [0.5, 0.6) is 0 Å². The van der Waals surface area contributed by atoms with Crippen LogP contribution < -0.4 is 5.73 Å². The summed E-state index contributed by atoms with van der Waals surface area (Å²) in [6, 6.07) is 7.48. The molecule has 0 aliphatic rings. The number of benzene rings is 1. The van der Waals surface area contributed by atoms with Crippen molar-refractivity contribution >= 4 is 28.6 Å². The Bertz CT molecular complexity index is 332. The predicted octanol–water partition coefficient (Wildman–Crippen LogP) is 1.64. The predicted molar refractivity (Wildman–Crippen MR) is 62.7 cm³/mol. The van der Waals surface area contributed by atoms with Gasteiger partial charge in [-0.25, -0.2) is 4.79 Å². The van der Waals surface area contributed by atoms with Crippen molar-refractivity contribution in [3.05, 3.63) is 33.4 Å². The number of esters is 1. The number of hydrogen-bond donors (Lipinski definition) is 1. The quantitative estimate of drug-likeness (QED) is 0.667. The minimum absolute atomic E-state index is 0.432. The summed E-state index contributed by atoms with van der Waals surface area (Å²) in [5.41, 5.74) is 5.55. The molecule has 0 heterocycles. The normalized spacial score (nSPS) is 14.6. The third-order valence-electron chi connectivity index (χ3n) is 2.05. The summed E-state index contributed by atoms with van der Waals surface area (Å²) in [5, 5.41) is 0. The maximum absolute atomic E-state index is 11.4. The van der Waals surface area contributed by atoms with Gasteiger partial charge in [0.2, 0.25) is 0 Å². The Hall–Kier alpha value is -0.620. The smallest absolute Gasteiger partial charge is 0.330 e. The number of carbonyl (C=O) groups is 1. The van der Waals surface area contributed by atoms with Crippen LogP contribution in [0.25, 0.3) is 0 Å². The first-order chi connectivity index (χ1) is 6.48. The van der Waals surface area contributed by atoms with Gasteiger partial charge in [0, 0.05) is 3.57 Å². The Morgan fingerprint density at radius 2 is 1.93 bits per heavy atom. The highest BCUT2D eigenvalue weighted by molar-refractivity contribution is 14.1. The van der Waals surface area contributed by atoms with Gasteiger partial charge in [-0.1, -0.05) is 12.1 Å². The van der Waals surface area contributed by atoms with E-state index in [9.17, 15) is 4.79 Å². The summed E-state index contributed by atoms with van der Waals surface area (Å²) in [7, 11) is 1.33. The van der Waals surface area contributed by atoms with Gasteiger partial charge in [-0.15, -0.1) is 0 Å². The summed E-state index contributed by atoms with van der Waals surface area (Å²) >= 11 is 2.19. The van der Waals surface area contributed by atoms with Crippen LogP contribution in [0.1, 0.15) is 12.5 Å². The van der Waals surface area contributed by atoms with E-state index in [0.29, 0.717) is 0 Å². The Balaban J connectivity index is 3.03. The van der Waals surface area contributed by atoms with E-state index in [-0.39, 0.29) is 0 Å². The first-order valence-electron chi connectivity index (χ1n) is 4.12. The van der Waals surface area contributed by atoms with Gasteiger partial charge in [-0.05, 0) is 47.2 Å². The van der Waals surface area contributed by atoms with Crippen molar-refractivity contribution in [2.75, 3.05) is 7.11 Å². The molecular formula is C10H12INO2. The molecule has 0 aromatic heterocycles. The van der Waals surface area contributed by atoms with E-state index < -0.39 is 11.5 Å². The van der Waals surface area contributed by atoms with Crippen LogP contribution in [0.2, 0.25) is 0 Å². The molecule has 0 bridgehead atoms. The molecule has 0 radical (unpaired) electrons.